The Hall–Kier alpha value is -0.790. The smallest absolute Gasteiger partial charge is 0.231 e. The topological polar surface area (TPSA) is 90.9 Å². The van der Waals surface area contributed by atoms with Crippen molar-refractivity contribution < 1.29 is 8.76 Å². The fraction of sp³-hybridized carbons (Fsp3) is 0.600. The van der Waals surface area contributed by atoms with E-state index in [0.29, 0.717) is 18.8 Å². The maximum absolute atomic E-state index is 10.1. The number of hydrogen-bond donors (Lipinski definition) is 3. The normalized spacial score (nSPS) is 13.2. The van der Waals surface area contributed by atoms with Gasteiger partial charge in [-0.25, -0.2) is 13.9 Å². The number of nitrogens with zero attached hydrogens (tertiary/aromatic N) is 2. The van der Waals surface area contributed by atoms with Crippen molar-refractivity contribution in [1.82, 2.24) is 19.9 Å². The molecule has 0 aliphatic heterocycles. The Morgan fingerprint density at radius 1 is 1.75 bits per heavy atom. The van der Waals surface area contributed by atoms with Gasteiger partial charge in [-0.1, -0.05) is 0 Å². The Balaban J connectivity index is 2.29. The number of H-pyrrole nitrogens is 1. The van der Waals surface area contributed by atoms with Gasteiger partial charge in [-0.15, -0.1) is 0 Å². The Kier molecular flexibility index (Phi) is 3.32. The van der Waals surface area contributed by atoms with Gasteiger partial charge in [0.2, 0.25) is 11.3 Å². The molecule has 0 aliphatic carbocycles. The molecule has 1 aromatic rings. The molecule has 0 aliphatic rings. The van der Waals surface area contributed by atoms with Crippen LogP contribution in [0.3, 0.4) is 0 Å². The molecule has 3 N–H and O–H groups in total. The minimum Gasteiger partial charge on any atom is -0.294 e. The Morgan fingerprint density at radius 2 is 2.50 bits per heavy atom. The maximum atomic E-state index is 10.1. The van der Waals surface area contributed by atoms with Crippen molar-refractivity contribution in [3.8, 4) is 0 Å². The van der Waals surface area contributed by atoms with Crippen molar-refractivity contribution in [2.24, 2.45) is 0 Å². The average Bonchev–Trinajstić information content (AvgIpc) is 2.35. The number of hydrogen-bond acceptors (Lipinski definition) is 3. The summed E-state index contributed by atoms with van der Waals surface area (Å²) in [5.74, 6) is 1.39. The van der Waals surface area contributed by atoms with Crippen molar-refractivity contribution in [3.63, 3.8) is 0 Å². The minimum atomic E-state index is -1.95. The highest BCUT2D eigenvalue weighted by atomic mass is 32.2. The van der Waals surface area contributed by atoms with E-state index in [4.69, 9.17) is 4.55 Å². The predicted octanol–water partition coefficient (Wildman–Crippen LogP) is -0.618. The second kappa shape index (κ2) is 4.29. The first-order valence-corrected chi connectivity index (χ1v) is 4.51. The largest absolute Gasteiger partial charge is 0.294 e. The van der Waals surface area contributed by atoms with Gasteiger partial charge < -0.3 is 0 Å². The molecule has 0 fully saturated rings. The molecular weight excluding hydrogens is 180 g/mol. The SMILES string of the molecule is Cc1nc(CCNS(=O)O)n[nH]1. The van der Waals surface area contributed by atoms with E-state index in [1.165, 1.54) is 0 Å². The molecule has 1 atom stereocenters. The summed E-state index contributed by atoms with van der Waals surface area (Å²) in [6.45, 7) is 2.19. The Labute approximate surface area is 72.2 Å². The molecule has 6 nitrogen and oxygen atoms in total. The van der Waals surface area contributed by atoms with Crippen LogP contribution in [0.25, 0.3) is 0 Å². The zero-order chi connectivity index (χ0) is 8.97. The second-order valence-electron chi connectivity index (χ2n) is 2.23. The minimum absolute atomic E-state index is 0.389. The van der Waals surface area contributed by atoms with Gasteiger partial charge in [-0.2, -0.15) is 5.10 Å². The van der Waals surface area contributed by atoms with Crippen LogP contribution in [-0.4, -0.2) is 30.5 Å². The second-order valence-corrected chi connectivity index (χ2v) is 3.02. The van der Waals surface area contributed by atoms with Gasteiger partial charge in [-0.3, -0.25) is 9.65 Å². The van der Waals surface area contributed by atoms with E-state index in [1.54, 1.807) is 6.92 Å². The predicted molar refractivity (Wildman–Crippen MR) is 43.6 cm³/mol. The maximum Gasteiger partial charge on any atom is 0.231 e. The van der Waals surface area contributed by atoms with Crippen molar-refractivity contribution in [1.29, 1.82) is 0 Å². The third kappa shape index (κ3) is 3.07. The highest BCUT2D eigenvalue weighted by molar-refractivity contribution is 7.77. The summed E-state index contributed by atoms with van der Waals surface area (Å²) in [5.41, 5.74) is 0. The zero-order valence-electron chi connectivity index (χ0n) is 6.57. The molecule has 1 rings (SSSR count). The van der Waals surface area contributed by atoms with Gasteiger partial charge in [0, 0.05) is 13.0 Å². The van der Waals surface area contributed by atoms with E-state index < -0.39 is 11.3 Å². The van der Waals surface area contributed by atoms with Crippen molar-refractivity contribution >= 4 is 11.3 Å². The molecule has 1 heterocycles. The monoisotopic (exact) mass is 190 g/mol. The van der Waals surface area contributed by atoms with Crippen LogP contribution >= 0.6 is 0 Å². The molecular formula is C5H10N4O2S. The zero-order valence-corrected chi connectivity index (χ0v) is 7.39. The van der Waals surface area contributed by atoms with Gasteiger partial charge in [0.15, 0.2) is 5.82 Å². The summed E-state index contributed by atoms with van der Waals surface area (Å²) in [6, 6.07) is 0. The first kappa shape index (κ1) is 9.30. The first-order valence-electron chi connectivity index (χ1n) is 3.40. The van der Waals surface area contributed by atoms with E-state index in [2.05, 4.69) is 19.9 Å². The molecule has 68 valence electrons. The molecule has 7 heteroatoms. The van der Waals surface area contributed by atoms with Crippen LogP contribution in [-0.2, 0) is 17.7 Å². The highest BCUT2D eigenvalue weighted by Gasteiger charge is 1.99. The number of rotatable bonds is 4. The van der Waals surface area contributed by atoms with Crippen LogP contribution in [0.15, 0.2) is 0 Å². The lowest BCUT2D eigenvalue weighted by molar-refractivity contribution is 0.548. The summed E-state index contributed by atoms with van der Waals surface area (Å²) < 4.78 is 20.8. The number of aryl methyl sites for hydroxylation is 1. The highest BCUT2D eigenvalue weighted by Crippen LogP contribution is 1.90. The van der Waals surface area contributed by atoms with Gasteiger partial charge in [0.05, 0.1) is 0 Å². The summed E-state index contributed by atoms with van der Waals surface area (Å²) in [7, 11) is 0. The standard InChI is InChI=1S/C5H10N4O2S/c1-4-7-5(9-8-4)2-3-6-12(10)11/h6H,2-3H2,1H3,(H,10,11)(H,7,8,9). The molecule has 0 bridgehead atoms. The first-order chi connectivity index (χ1) is 5.68. The van der Waals surface area contributed by atoms with Crippen LogP contribution in [0.4, 0.5) is 0 Å². The Morgan fingerprint density at radius 3 is 3.00 bits per heavy atom. The summed E-state index contributed by atoms with van der Waals surface area (Å²) in [6.07, 6.45) is 0.538. The lowest BCUT2D eigenvalue weighted by Crippen LogP contribution is -2.19. The van der Waals surface area contributed by atoms with Gasteiger partial charge in [0.25, 0.3) is 0 Å². The average molecular weight is 190 g/mol. The lowest BCUT2D eigenvalue weighted by atomic mass is 10.4. The van der Waals surface area contributed by atoms with E-state index in [-0.39, 0.29) is 0 Å². The van der Waals surface area contributed by atoms with Crippen molar-refractivity contribution in [2.75, 3.05) is 6.54 Å². The quantitative estimate of drug-likeness (QED) is 0.552. The van der Waals surface area contributed by atoms with Crippen molar-refractivity contribution in [2.45, 2.75) is 13.3 Å². The molecule has 1 aromatic heterocycles. The fourth-order valence-corrected chi connectivity index (χ4v) is 1.03. The number of aromatic amines is 1. The molecule has 0 radical (unpaired) electrons. The summed E-state index contributed by atoms with van der Waals surface area (Å²) in [5, 5.41) is 6.54. The van der Waals surface area contributed by atoms with Gasteiger partial charge in [0.1, 0.15) is 5.82 Å². The number of nitrogens with one attached hydrogen (secondary N) is 2. The van der Waals surface area contributed by atoms with E-state index in [1.807, 2.05) is 0 Å². The van der Waals surface area contributed by atoms with Gasteiger partial charge >= 0.3 is 0 Å². The van der Waals surface area contributed by atoms with Crippen LogP contribution in [0.2, 0.25) is 0 Å². The van der Waals surface area contributed by atoms with Gasteiger partial charge in [-0.05, 0) is 6.92 Å². The van der Waals surface area contributed by atoms with Crippen LogP contribution in [0, 0.1) is 6.92 Å². The van der Waals surface area contributed by atoms with Crippen LogP contribution in [0.5, 0.6) is 0 Å². The molecule has 0 spiro atoms. The third-order valence-corrected chi connectivity index (χ3v) is 1.67. The summed E-state index contributed by atoms with van der Waals surface area (Å²) in [4.78, 5) is 4.02. The van der Waals surface area contributed by atoms with Crippen LogP contribution in [0.1, 0.15) is 11.6 Å². The fourth-order valence-electron chi connectivity index (χ4n) is 0.751. The van der Waals surface area contributed by atoms with Crippen molar-refractivity contribution in [3.05, 3.63) is 11.6 Å². The third-order valence-electron chi connectivity index (χ3n) is 1.22. The molecule has 0 aromatic carbocycles. The molecule has 12 heavy (non-hydrogen) atoms. The molecule has 1 unspecified atom stereocenters. The van der Waals surface area contributed by atoms with E-state index >= 15 is 0 Å². The number of aromatic nitrogens is 3. The molecule has 0 amide bonds. The molecule has 0 saturated heterocycles. The van der Waals surface area contributed by atoms with E-state index in [0.717, 1.165) is 5.82 Å². The molecule has 0 saturated carbocycles. The van der Waals surface area contributed by atoms with Crippen LogP contribution < -0.4 is 4.72 Å². The lowest BCUT2D eigenvalue weighted by Gasteiger charge is -1.94. The van der Waals surface area contributed by atoms with E-state index in [9.17, 15) is 4.21 Å². The summed E-state index contributed by atoms with van der Waals surface area (Å²) >= 11 is -1.95. The Bertz CT molecular complexity index is 274.